The van der Waals surface area contributed by atoms with Crippen molar-refractivity contribution >= 4 is 11.9 Å². The van der Waals surface area contributed by atoms with Gasteiger partial charge in [0.05, 0.1) is 6.54 Å². The highest BCUT2D eigenvalue weighted by Crippen LogP contribution is 2.41. The lowest BCUT2D eigenvalue weighted by Gasteiger charge is -2.31. The fourth-order valence-electron chi connectivity index (χ4n) is 2.86. The fourth-order valence-corrected chi connectivity index (χ4v) is 2.86. The third-order valence-electron chi connectivity index (χ3n) is 4.39. The summed E-state index contributed by atoms with van der Waals surface area (Å²) in [6.45, 7) is 3.64. The Labute approximate surface area is 165 Å². The number of alkyl halides is 1. The molecule has 0 bridgehead atoms. The van der Waals surface area contributed by atoms with Crippen molar-refractivity contribution in [2.45, 2.75) is 57.7 Å². The molecule has 0 spiro atoms. The largest absolute Gasteiger partial charge is 0.462 e. The van der Waals surface area contributed by atoms with E-state index in [1.54, 1.807) is 13.8 Å². The average molecular weight is 411 g/mol. The molecule has 0 unspecified atom stereocenters. The quantitative estimate of drug-likeness (QED) is 0.274. The molecule has 1 fully saturated rings. The minimum Gasteiger partial charge on any atom is -0.462 e. The molecule has 4 atom stereocenters. The van der Waals surface area contributed by atoms with Crippen LogP contribution in [0.15, 0.2) is 22.2 Å². The van der Waals surface area contributed by atoms with Gasteiger partial charge in [0.2, 0.25) is 0 Å². The Kier molecular flexibility index (Phi) is 7.29. The molecule has 12 heteroatoms. The van der Waals surface area contributed by atoms with Crippen molar-refractivity contribution in [2.24, 2.45) is 5.11 Å². The number of carbonyl (C=O) groups excluding carboxylic acids is 2. The average Bonchev–Trinajstić information content (AvgIpc) is 2.96. The molecule has 0 N–H and O–H groups in total. The number of hydrogen-bond donors (Lipinski definition) is 0. The number of nitrogens with zero attached hydrogens (tertiary/aromatic N) is 5. The lowest BCUT2D eigenvalue weighted by atomic mass is 9.96. The van der Waals surface area contributed by atoms with Gasteiger partial charge in [-0.2, -0.15) is 4.98 Å². The number of hydrogen-bond acceptors (Lipinski definition) is 8. The van der Waals surface area contributed by atoms with E-state index in [9.17, 15) is 14.4 Å². The van der Waals surface area contributed by atoms with Gasteiger partial charge in [-0.3, -0.25) is 14.2 Å². The van der Waals surface area contributed by atoms with Crippen molar-refractivity contribution in [2.75, 3.05) is 13.2 Å². The second-order valence-electron chi connectivity index (χ2n) is 6.44. The Morgan fingerprint density at radius 1 is 1.41 bits per heavy atom. The molecule has 1 aliphatic heterocycles. The topological polar surface area (TPSA) is 145 Å². The van der Waals surface area contributed by atoms with Gasteiger partial charge >= 0.3 is 17.6 Å². The van der Waals surface area contributed by atoms with Gasteiger partial charge in [0.1, 0.15) is 6.61 Å². The fraction of sp³-hybridized carbons (Fsp3) is 0.647. The Morgan fingerprint density at radius 2 is 2.10 bits per heavy atom. The summed E-state index contributed by atoms with van der Waals surface area (Å²) in [5.41, 5.74) is 6.57. The smallest absolute Gasteiger partial charge is 0.349 e. The normalized spacial score (nSPS) is 25.9. The number of rotatable bonds is 8. The number of esters is 2. The van der Waals surface area contributed by atoms with Crippen LogP contribution in [-0.4, -0.2) is 52.5 Å². The van der Waals surface area contributed by atoms with Crippen molar-refractivity contribution in [3.05, 3.63) is 38.9 Å². The van der Waals surface area contributed by atoms with Crippen LogP contribution in [0.4, 0.5) is 4.39 Å². The van der Waals surface area contributed by atoms with Gasteiger partial charge in [-0.1, -0.05) is 19.0 Å². The first-order chi connectivity index (χ1) is 13.8. The molecule has 0 aromatic carbocycles. The maximum Gasteiger partial charge on any atom is 0.349 e. The van der Waals surface area contributed by atoms with E-state index in [2.05, 4.69) is 15.0 Å². The lowest BCUT2D eigenvalue weighted by Crippen LogP contribution is -2.51. The Bertz CT molecular complexity index is 870. The predicted molar refractivity (Wildman–Crippen MR) is 96.4 cm³/mol. The van der Waals surface area contributed by atoms with Crippen LogP contribution >= 0.6 is 0 Å². The Balaban J connectivity index is 2.49. The third-order valence-corrected chi connectivity index (χ3v) is 4.39. The van der Waals surface area contributed by atoms with E-state index in [1.807, 2.05) is 0 Å². The molecule has 1 aromatic heterocycles. The number of carbonyl (C=O) groups is 2. The van der Waals surface area contributed by atoms with Gasteiger partial charge in [-0.05, 0) is 18.5 Å². The number of aryl methyl sites for hydroxylation is 1. The zero-order valence-corrected chi connectivity index (χ0v) is 16.3. The van der Waals surface area contributed by atoms with Crippen molar-refractivity contribution in [3.8, 4) is 0 Å². The summed E-state index contributed by atoms with van der Waals surface area (Å²) in [7, 11) is 0. The van der Waals surface area contributed by atoms with Gasteiger partial charge in [0.25, 0.3) is 0 Å². The molecule has 1 aromatic rings. The van der Waals surface area contributed by atoms with Crippen molar-refractivity contribution in [3.63, 3.8) is 0 Å². The Morgan fingerprint density at radius 3 is 2.69 bits per heavy atom. The van der Waals surface area contributed by atoms with Gasteiger partial charge in [0.15, 0.2) is 24.1 Å². The number of azide groups is 1. The molecular formula is C17H22FN5O6. The van der Waals surface area contributed by atoms with E-state index in [-0.39, 0.29) is 12.8 Å². The summed E-state index contributed by atoms with van der Waals surface area (Å²) >= 11 is 0. The van der Waals surface area contributed by atoms with Gasteiger partial charge in [0, 0.05) is 29.6 Å². The van der Waals surface area contributed by atoms with Crippen molar-refractivity contribution in [1.29, 1.82) is 0 Å². The third kappa shape index (κ3) is 4.90. The molecule has 0 amide bonds. The summed E-state index contributed by atoms with van der Waals surface area (Å²) in [5, 5.41) is 3.42. The van der Waals surface area contributed by atoms with Crippen molar-refractivity contribution in [1.82, 2.24) is 9.55 Å². The molecule has 158 valence electrons. The zero-order valence-electron chi connectivity index (χ0n) is 16.3. The van der Waals surface area contributed by atoms with Gasteiger partial charge in [-0.15, -0.1) is 0 Å². The van der Waals surface area contributed by atoms with E-state index in [0.29, 0.717) is 5.69 Å². The molecule has 2 heterocycles. The van der Waals surface area contributed by atoms with E-state index >= 15 is 4.39 Å². The highest BCUT2D eigenvalue weighted by Gasteiger charge is 2.59. The van der Waals surface area contributed by atoms with Crippen LogP contribution in [0.3, 0.4) is 0 Å². The van der Waals surface area contributed by atoms with Crippen LogP contribution in [0.1, 0.15) is 38.6 Å². The zero-order chi connectivity index (χ0) is 21.6. The predicted octanol–water partition coefficient (Wildman–Crippen LogP) is 1.74. The van der Waals surface area contributed by atoms with Crippen LogP contribution in [0.5, 0.6) is 0 Å². The highest BCUT2D eigenvalue weighted by atomic mass is 19.1. The maximum atomic E-state index is 15.4. The second kappa shape index (κ2) is 9.48. The van der Waals surface area contributed by atoms with Crippen molar-refractivity contribution < 1.29 is 28.2 Å². The van der Waals surface area contributed by atoms with Gasteiger partial charge < -0.3 is 14.2 Å². The first-order valence-electron chi connectivity index (χ1n) is 9.01. The minimum absolute atomic E-state index is 0.0425. The van der Waals surface area contributed by atoms with Crippen LogP contribution in [0.2, 0.25) is 0 Å². The monoisotopic (exact) mass is 411 g/mol. The summed E-state index contributed by atoms with van der Waals surface area (Å²) in [4.78, 5) is 42.1. The molecule has 2 rings (SSSR count). The molecule has 0 aliphatic carbocycles. The van der Waals surface area contributed by atoms with E-state index in [1.165, 1.54) is 19.2 Å². The van der Waals surface area contributed by atoms with Crippen LogP contribution in [0, 0.1) is 6.92 Å². The standard InChI is InChI=1S/C17H22FN5O6/c1-4-11(24)27-9-17(8-20-22-19)14(28-12(25)5-2)13(18)15(29-17)23-7-6-10(3)21-16(23)26/h6-7,13-15H,4-5,8-9H2,1-3H3/t13-,14+,15-,17-/m1/s1. The van der Waals surface area contributed by atoms with E-state index in [0.717, 1.165) is 4.57 Å². The lowest BCUT2D eigenvalue weighted by molar-refractivity contribution is -0.176. The highest BCUT2D eigenvalue weighted by molar-refractivity contribution is 5.70. The summed E-state index contributed by atoms with van der Waals surface area (Å²) in [6.07, 6.45) is -3.83. The Hall–Kier alpha value is -2.98. The molecule has 29 heavy (non-hydrogen) atoms. The van der Waals surface area contributed by atoms with E-state index < -0.39 is 54.9 Å². The van der Waals surface area contributed by atoms with Crippen LogP contribution in [-0.2, 0) is 23.8 Å². The van der Waals surface area contributed by atoms with Crippen LogP contribution in [0.25, 0.3) is 10.4 Å². The SMILES string of the molecule is CCC(=O)OC[C@@]1(CN=[N+]=[N-])O[C@@H](n2ccc(C)nc2=O)[C@H](F)[C@@H]1OC(=O)CC. The molecule has 11 nitrogen and oxygen atoms in total. The molecule has 1 aliphatic rings. The molecule has 0 radical (unpaired) electrons. The first kappa shape index (κ1) is 22.3. The molecular weight excluding hydrogens is 389 g/mol. The summed E-state index contributed by atoms with van der Waals surface area (Å²) in [6, 6.07) is 1.48. The molecule has 0 saturated carbocycles. The number of aromatic nitrogens is 2. The first-order valence-corrected chi connectivity index (χ1v) is 9.01. The molecule has 1 saturated heterocycles. The van der Waals surface area contributed by atoms with E-state index in [4.69, 9.17) is 19.7 Å². The summed E-state index contributed by atoms with van der Waals surface area (Å²) < 4.78 is 32.3. The van der Waals surface area contributed by atoms with Crippen LogP contribution < -0.4 is 5.69 Å². The number of halogens is 1. The minimum atomic E-state index is -2.01. The van der Waals surface area contributed by atoms with Gasteiger partial charge in [-0.25, -0.2) is 9.18 Å². The summed E-state index contributed by atoms with van der Waals surface area (Å²) in [5.74, 6) is -1.34. The second-order valence-corrected chi connectivity index (χ2v) is 6.44. The maximum absolute atomic E-state index is 15.4. The number of ether oxygens (including phenoxy) is 3.